The molecule has 0 aliphatic carbocycles. The third-order valence-corrected chi connectivity index (χ3v) is 0.667. The fourth-order valence-electron chi connectivity index (χ4n) is 0.309. The quantitative estimate of drug-likeness (QED) is 0.424. The van der Waals surface area contributed by atoms with Crippen molar-refractivity contribution in [1.82, 2.24) is 0 Å². The van der Waals surface area contributed by atoms with Crippen molar-refractivity contribution in [1.29, 1.82) is 0 Å². The summed E-state index contributed by atoms with van der Waals surface area (Å²) < 4.78 is 9.53. The minimum Gasteiger partial charge on any atom is -0.394 e. The maximum atomic E-state index is 8.20. The van der Waals surface area contributed by atoms with Crippen LogP contribution in [0.2, 0.25) is 0 Å². The van der Waals surface area contributed by atoms with E-state index in [-0.39, 0.29) is 58.0 Å². The molecule has 0 amide bonds. The second kappa shape index (κ2) is 12.2. The summed E-state index contributed by atoms with van der Waals surface area (Å²) >= 11 is 0. The zero-order valence-corrected chi connectivity index (χ0v) is 9.22. The van der Waals surface area contributed by atoms with E-state index in [0.717, 1.165) is 0 Å². The monoisotopic (exact) mass is 159 g/mol. The SMILES string of the molecule is COCCOCCO.[K]. The van der Waals surface area contributed by atoms with Gasteiger partial charge in [0.05, 0.1) is 26.4 Å². The van der Waals surface area contributed by atoms with Crippen LogP contribution < -0.4 is 0 Å². The smallest absolute Gasteiger partial charge is 0.0701 e. The maximum Gasteiger partial charge on any atom is 0.0701 e. The summed E-state index contributed by atoms with van der Waals surface area (Å²) in [6.07, 6.45) is 0. The van der Waals surface area contributed by atoms with E-state index in [0.29, 0.717) is 19.8 Å². The summed E-state index contributed by atoms with van der Waals surface area (Å²) in [6.45, 7) is 1.66. The molecule has 9 heavy (non-hydrogen) atoms. The van der Waals surface area contributed by atoms with Crippen LogP contribution in [-0.2, 0) is 9.47 Å². The molecule has 0 aliphatic heterocycles. The third-order valence-electron chi connectivity index (χ3n) is 0.667. The first-order valence-electron chi connectivity index (χ1n) is 2.59. The molecule has 0 unspecified atom stereocenters. The Bertz CT molecular complexity index is 37.2. The summed E-state index contributed by atoms with van der Waals surface area (Å²) in [5.41, 5.74) is 0. The standard InChI is InChI=1S/C5H12O3.K/c1-7-4-5-8-3-2-6;/h6H,2-5H2,1H3;. The van der Waals surface area contributed by atoms with E-state index < -0.39 is 0 Å². The third kappa shape index (κ3) is 12.7. The van der Waals surface area contributed by atoms with Crippen LogP contribution >= 0.6 is 0 Å². The number of aliphatic hydroxyl groups excluding tert-OH is 1. The second-order valence-electron chi connectivity index (χ2n) is 1.33. The minimum atomic E-state index is 0. The van der Waals surface area contributed by atoms with Gasteiger partial charge >= 0.3 is 0 Å². The molecule has 51 valence electrons. The molecule has 3 nitrogen and oxygen atoms in total. The molecule has 0 bridgehead atoms. The van der Waals surface area contributed by atoms with Gasteiger partial charge in [-0.15, -0.1) is 0 Å². The first-order valence-corrected chi connectivity index (χ1v) is 2.59. The largest absolute Gasteiger partial charge is 0.394 e. The van der Waals surface area contributed by atoms with Gasteiger partial charge in [-0.1, -0.05) is 0 Å². The van der Waals surface area contributed by atoms with Crippen molar-refractivity contribution in [3.63, 3.8) is 0 Å². The number of hydrogen-bond acceptors (Lipinski definition) is 3. The molecule has 0 aromatic heterocycles. The van der Waals surface area contributed by atoms with E-state index >= 15 is 0 Å². The second-order valence-corrected chi connectivity index (χ2v) is 1.33. The normalized spacial score (nSPS) is 8.67. The molecule has 4 heteroatoms. The fraction of sp³-hybridized carbons (Fsp3) is 1.00. The van der Waals surface area contributed by atoms with Crippen molar-refractivity contribution in [2.24, 2.45) is 0 Å². The van der Waals surface area contributed by atoms with Gasteiger partial charge in [0, 0.05) is 58.5 Å². The molecule has 1 radical (unpaired) electrons. The number of rotatable bonds is 5. The number of ether oxygens (including phenoxy) is 2. The fourth-order valence-corrected chi connectivity index (χ4v) is 0.309. The van der Waals surface area contributed by atoms with Crippen LogP contribution in [0.3, 0.4) is 0 Å². The number of methoxy groups -OCH3 is 1. The van der Waals surface area contributed by atoms with Crippen molar-refractivity contribution in [2.75, 3.05) is 33.5 Å². The molecular formula is C5H12KO3. The summed E-state index contributed by atoms with van der Waals surface area (Å²) in [5, 5.41) is 8.20. The van der Waals surface area contributed by atoms with Gasteiger partial charge in [0.15, 0.2) is 0 Å². The molecule has 0 spiro atoms. The Balaban J connectivity index is 0. The Morgan fingerprint density at radius 3 is 2.33 bits per heavy atom. The summed E-state index contributed by atoms with van der Waals surface area (Å²) in [6, 6.07) is 0. The molecule has 0 fully saturated rings. The molecule has 1 N–H and O–H groups in total. The van der Waals surface area contributed by atoms with Gasteiger partial charge in [-0.05, 0) is 0 Å². The van der Waals surface area contributed by atoms with E-state index in [1.54, 1.807) is 7.11 Å². The first kappa shape index (κ1) is 13.1. The molecule has 0 saturated heterocycles. The van der Waals surface area contributed by atoms with Gasteiger partial charge in [-0.25, -0.2) is 0 Å². The van der Waals surface area contributed by atoms with Crippen molar-refractivity contribution in [3.8, 4) is 0 Å². The minimum absolute atomic E-state index is 0. The topological polar surface area (TPSA) is 38.7 Å². The first-order chi connectivity index (χ1) is 3.91. The average Bonchev–Trinajstić information content (AvgIpc) is 1.81. The predicted octanol–water partition coefficient (Wildman–Crippen LogP) is -0.739. The van der Waals surface area contributed by atoms with E-state index in [2.05, 4.69) is 4.74 Å². The molecular weight excluding hydrogens is 147 g/mol. The summed E-state index contributed by atoms with van der Waals surface area (Å²) in [7, 11) is 1.61. The molecule has 0 rings (SSSR count). The van der Waals surface area contributed by atoms with Crippen LogP contribution in [0.15, 0.2) is 0 Å². The zero-order valence-electron chi connectivity index (χ0n) is 6.09. The van der Waals surface area contributed by atoms with Gasteiger partial charge < -0.3 is 14.6 Å². The van der Waals surface area contributed by atoms with Crippen molar-refractivity contribution >= 4 is 51.4 Å². The molecule has 0 heterocycles. The summed E-state index contributed by atoms with van der Waals surface area (Å²) in [4.78, 5) is 0. The Labute approximate surface area is 98.1 Å². The van der Waals surface area contributed by atoms with Crippen molar-refractivity contribution in [3.05, 3.63) is 0 Å². The van der Waals surface area contributed by atoms with Crippen LogP contribution in [0.1, 0.15) is 0 Å². The van der Waals surface area contributed by atoms with E-state index in [1.807, 2.05) is 0 Å². The van der Waals surface area contributed by atoms with Crippen LogP contribution in [0.5, 0.6) is 0 Å². The van der Waals surface area contributed by atoms with Crippen molar-refractivity contribution < 1.29 is 14.6 Å². The Morgan fingerprint density at radius 2 is 1.89 bits per heavy atom. The molecule has 0 atom stereocenters. The Morgan fingerprint density at radius 1 is 1.22 bits per heavy atom. The van der Waals surface area contributed by atoms with Gasteiger partial charge in [0.25, 0.3) is 0 Å². The average molecular weight is 159 g/mol. The van der Waals surface area contributed by atoms with E-state index in [1.165, 1.54) is 0 Å². The van der Waals surface area contributed by atoms with Crippen LogP contribution in [-0.4, -0.2) is 90.0 Å². The van der Waals surface area contributed by atoms with Gasteiger partial charge in [0.1, 0.15) is 0 Å². The van der Waals surface area contributed by atoms with Gasteiger partial charge in [-0.3, -0.25) is 0 Å². The van der Waals surface area contributed by atoms with E-state index in [9.17, 15) is 0 Å². The summed E-state index contributed by atoms with van der Waals surface area (Å²) in [5.74, 6) is 0. The predicted molar refractivity (Wildman–Crippen MR) is 35.5 cm³/mol. The number of hydrogen-bond donors (Lipinski definition) is 1. The van der Waals surface area contributed by atoms with E-state index in [4.69, 9.17) is 9.84 Å². The maximum absolute atomic E-state index is 8.20. The van der Waals surface area contributed by atoms with Crippen LogP contribution in [0.25, 0.3) is 0 Å². The molecule has 0 aromatic rings. The van der Waals surface area contributed by atoms with Crippen LogP contribution in [0.4, 0.5) is 0 Å². The van der Waals surface area contributed by atoms with Gasteiger partial charge in [0.2, 0.25) is 0 Å². The van der Waals surface area contributed by atoms with Gasteiger partial charge in [-0.2, -0.15) is 0 Å². The van der Waals surface area contributed by atoms with Crippen LogP contribution in [0, 0.1) is 0 Å². The molecule has 0 aliphatic rings. The Kier molecular flexibility index (Phi) is 17.8. The van der Waals surface area contributed by atoms with Crippen molar-refractivity contribution in [2.45, 2.75) is 0 Å². The molecule has 0 saturated carbocycles. The number of aliphatic hydroxyl groups is 1. The Hall–Kier alpha value is 1.52. The zero-order chi connectivity index (χ0) is 6.24. The molecule has 0 aromatic carbocycles.